The first kappa shape index (κ1) is 18.2. The second-order valence-electron chi connectivity index (χ2n) is 7.21. The summed E-state index contributed by atoms with van der Waals surface area (Å²) in [6, 6.07) is 9.12. The Morgan fingerprint density at radius 3 is 2.79 bits per heavy atom. The summed E-state index contributed by atoms with van der Waals surface area (Å²) in [6.45, 7) is 4.56. The van der Waals surface area contributed by atoms with Crippen LogP contribution in [0.4, 0.5) is 16.4 Å². The van der Waals surface area contributed by atoms with E-state index in [2.05, 4.69) is 25.5 Å². The molecule has 0 atom stereocenters. The average molecular weight is 380 g/mol. The number of fused-ring (bicyclic) bond motifs is 1. The number of aromatic nitrogens is 2. The molecule has 28 heavy (non-hydrogen) atoms. The first-order valence-corrected chi connectivity index (χ1v) is 9.58. The summed E-state index contributed by atoms with van der Waals surface area (Å²) < 4.78 is 0. The molecular formula is C20H24N6O2. The van der Waals surface area contributed by atoms with Crippen LogP contribution >= 0.6 is 0 Å². The zero-order valence-electron chi connectivity index (χ0n) is 15.9. The predicted octanol–water partition coefficient (Wildman–Crippen LogP) is 2.05. The molecule has 8 nitrogen and oxygen atoms in total. The molecule has 1 aromatic carbocycles. The van der Waals surface area contributed by atoms with E-state index in [4.69, 9.17) is 0 Å². The van der Waals surface area contributed by atoms with Gasteiger partial charge in [0.2, 0.25) is 11.9 Å². The Morgan fingerprint density at radius 2 is 1.96 bits per heavy atom. The number of carbonyl (C=O) groups is 2. The topological polar surface area (TPSA) is 90.5 Å². The summed E-state index contributed by atoms with van der Waals surface area (Å²) in [5.41, 5.74) is 3.31. The lowest BCUT2D eigenvalue weighted by Gasteiger charge is -2.20. The molecule has 2 aliphatic rings. The van der Waals surface area contributed by atoms with Gasteiger partial charge in [0, 0.05) is 24.5 Å². The van der Waals surface area contributed by atoms with E-state index in [-0.39, 0.29) is 18.5 Å². The number of rotatable bonds is 3. The molecule has 4 rings (SSSR count). The maximum atomic E-state index is 12.7. The lowest BCUT2D eigenvalue weighted by molar-refractivity contribution is -0.116. The van der Waals surface area contributed by atoms with Crippen LogP contribution in [-0.4, -0.2) is 46.4 Å². The van der Waals surface area contributed by atoms with E-state index in [1.165, 1.54) is 4.90 Å². The third-order valence-corrected chi connectivity index (χ3v) is 4.98. The molecule has 3 heterocycles. The largest absolute Gasteiger partial charge is 0.341 e. The molecule has 0 saturated carbocycles. The van der Waals surface area contributed by atoms with E-state index < -0.39 is 0 Å². The quantitative estimate of drug-likeness (QED) is 0.851. The summed E-state index contributed by atoms with van der Waals surface area (Å²) in [5.74, 6) is 0.527. The standard InChI is InChI=1S/C20H24N6O2/c1-14-10-16(23-19(22-14)25-8-4-5-9-25)11-21-20(28)26-12-15-6-2-3-7-17(15)24-18(27)13-26/h2-3,6-7,10H,4-5,8-9,11-13H2,1H3,(H,21,28)(H,24,27). The lowest BCUT2D eigenvalue weighted by atomic mass is 10.2. The van der Waals surface area contributed by atoms with Crippen LogP contribution in [0.3, 0.4) is 0 Å². The highest BCUT2D eigenvalue weighted by atomic mass is 16.2. The van der Waals surface area contributed by atoms with Gasteiger partial charge in [0.1, 0.15) is 6.54 Å². The van der Waals surface area contributed by atoms with Crippen LogP contribution in [-0.2, 0) is 17.9 Å². The van der Waals surface area contributed by atoms with Crippen molar-refractivity contribution in [2.45, 2.75) is 32.9 Å². The normalized spacial score (nSPS) is 16.4. The first-order valence-electron chi connectivity index (χ1n) is 9.58. The van der Waals surface area contributed by atoms with E-state index in [9.17, 15) is 9.59 Å². The number of para-hydroxylation sites is 1. The van der Waals surface area contributed by atoms with Gasteiger partial charge < -0.3 is 20.4 Å². The number of aryl methyl sites for hydroxylation is 1. The van der Waals surface area contributed by atoms with Crippen molar-refractivity contribution < 1.29 is 9.59 Å². The Balaban J connectivity index is 1.43. The number of nitrogens with one attached hydrogen (secondary N) is 2. The Labute approximate surface area is 164 Å². The number of urea groups is 1. The van der Waals surface area contributed by atoms with Crippen molar-refractivity contribution >= 4 is 23.6 Å². The Bertz CT molecular complexity index is 894. The van der Waals surface area contributed by atoms with Gasteiger partial charge in [-0.3, -0.25) is 4.79 Å². The van der Waals surface area contributed by atoms with Gasteiger partial charge in [0.15, 0.2) is 0 Å². The van der Waals surface area contributed by atoms with Crippen LogP contribution in [0.25, 0.3) is 0 Å². The fourth-order valence-electron chi connectivity index (χ4n) is 3.59. The smallest absolute Gasteiger partial charge is 0.318 e. The highest BCUT2D eigenvalue weighted by Gasteiger charge is 2.23. The molecule has 1 saturated heterocycles. The molecule has 0 radical (unpaired) electrons. The molecule has 2 aliphatic heterocycles. The third kappa shape index (κ3) is 4.05. The number of benzene rings is 1. The van der Waals surface area contributed by atoms with Crippen LogP contribution in [0.15, 0.2) is 30.3 Å². The molecule has 3 amide bonds. The number of nitrogens with zero attached hydrogens (tertiary/aromatic N) is 4. The zero-order valence-corrected chi connectivity index (χ0v) is 15.9. The van der Waals surface area contributed by atoms with Gasteiger partial charge in [-0.15, -0.1) is 0 Å². The van der Waals surface area contributed by atoms with Crippen molar-refractivity contribution in [3.63, 3.8) is 0 Å². The zero-order chi connectivity index (χ0) is 19.5. The molecule has 0 spiro atoms. The van der Waals surface area contributed by atoms with E-state index in [1.807, 2.05) is 37.3 Å². The van der Waals surface area contributed by atoms with Crippen LogP contribution in [0, 0.1) is 6.92 Å². The van der Waals surface area contributed by atoms with Crippen molar-refractivity contribution in [3.8, 4) is 0 Å². The summed E-state index contributed by atoms with van der Waals surface area (Å²) in [4.78, 5) is 37.6. The van der Waals surface area contributed by atoms with Crippen molar-refractivity contribution in [2.75, 3.05) is 29.9 Å². The monoisotopic (exact) mass is 380 g/mol. The van der Waals surface area contributed by atoms with Gasteiger partial charge in [-0.25, -0.2) is 14.8 Å². The molecule has 2 aromatic rings. The molecule has 0 bridgehead atoms. The van der Waals surface area contributed by atoms with Gasteiger partial charge in [-0.05, 0) is 37.5 Å². The SMILES string of the molecule is Cc1cc(CNC(=O)N2CC(=O)Nc3ccccc3C2)nc(N2CCCC2)n1. The van der Waals surface area contributed by atoms with Gasteiger partial charge >= 0.3 is 6.03 Å². The van der Waals surface area contributed by atoms with Crippen LogP contribution in [0.2, 0.25) is 0 Å². The molecule has 1 aromatic heterocycles. The average Bonchev–Trinajstić information content (AvgIpc) is 3.15. The van der Waals surface area contributed by atoms with Gasteiger partial charge in [0.05, 0.1) is 18.8 Å². The number of hydrogen-bond acceptors (Lipinski definition) is 5. The summed E-state index contributed by atoms with van der Waals surface area (Å²) in [5, 5.41) is 5.73. The van der Waals surface area contributed by atoms with Crippen molar-refractivity contribution in [3.05, 3.63) is 47.3 Å². The minimum Gasteiger partial charge on any atom is -0.341 e. The van der Waals surface area contributed by atoms with E-state index >= 15 is 0 Å². The number of carbonyl (C=O) groups excluding carboxylic acids is 2. The second-order valence-corrected chi connectivity index (χ2v) is 7.21. The highest BCUT2D eigenvalue weighted by molar-refractivity contribution is 5.96. The molecular weight excluding hydrogens is 356 g/mol. The molecule has 1 fully saturated rings. The molecule has 8 heteroatoms. The van der Waals surface area contributed by atoms with Crippen LogP contribution in [0.5, 0.6) is 0 Å². The number of anilines is 2. The second kappa shape index (κ2) is 7.84. The van der Waals surface area contributed by atoms with E-state index in [0.29, 0.717) is 13.1 Å². The molecule has 146 valence electrons. The van der Waals surface area contributed by atoms with Gasteiger partial charge in [-0.2, -0.15) is 0 Å². The van der Waals surface area contributed by atoms with Crippen molar-refractivity contribution in [1.82, 2.24) is 20.2 Å². The Hall–Kier alpha value is -3.16. The summed E-state index contributed by atoms with van der Waals surface area (Å²) in [7, 11) is 0. The summed E-state index contributed by atoms with van der Waals surface area (Å²) in [6.07, 6.45) is 2.31. The van der Waals surface area contributed by atoms with Crippen molar-refractivity contribution in [1.29, 1.82) is 0 Å². The Morgan fingerprint density at radius 1 is 1.18 bits per heavy atom. The minimum atomic E-state index is -0.286. The predicted molar refractivity (Wildman–Crippen MR) is 106 cm³/mol. The maximum absolute atomic E-state index is 12.7. The lowest BCUT2D eigenvalue weighted by Crippen LogP contribution is -2.42. The molecule has 2 N–H and O–H groups in total. The van der Waals surface area contributed by atoms with Crippen LogP contribution < -0.4 is 15.5 Å². The van der Waals surface area contributed by atoms with Gasteiger partial charge in [0.25, 0.3) is 0 Å². The van der Waals surface area contributed by atoms with Gasteiger partial charge in [-0.1, -0.05) is 18.2 Å². The molecule has 0 unspecified atom stereocenters. The number of hydrogen-bond donors (Lipinski definition) is 2. The van der Waals surface area contributed by atoms with E-state index in [1.54, 1.807) is 0 Å². The fourth-order valence-corrected chi connectivity index (χ4v) is 3.59. The minimum absolute atomic E-state index is 0.0162. The number of amides is 3. The fraction of sp³-hybridized carbons (Fsp3) is 0.400. The van der Waals surface area contributed by atoms with Crippen LogP contribution in [0.1, 0.15) is 29.8 Å². The summed E-state index contributed by atoms with van der Waals surface area (Å²) >= 11 is 0. The molecule has 0 aliphatic carbocycles. The first-order chi connectivity index (χ1) is 13.6. The maximum Gasteiger partial charge on any atom is 0.318 e. The Kier molecular flexibility index (Phi) is 5.10. The van der Waals surface area contributed by atoms with Crippen molar-refractivity contribution in [2.24, 2.45) is 0 Å². The highest BCUT2D eigenvalue weighted by Crippen LogP contribution is 2.20. The van der Waals surface area contributed by atoms with E-state index in [0.717, 1.165) is 54.5 Å². The third-order valence-electron chi connectivity index (χ3n) is 4.98.